The first-order chi connectivity index (χ1) is 10.6. The number of ether oxygens (including phenoxy) is 1. The van der Waals surface area contributed by atoms with Gasteiger partial charge in [0, 0.05) is 24.8 Å². The number of aldehydes is 1. The summed E-state index contributed by atoms with van der Waals surface area (Å²) in [6.45, 7) is 12.7. The fourth-order valence-corrected chi connectivity index (χ4v) is 2.21. The van der Waals surface area contributed by atoms with E-state index in [0.29, 0.717) is 17.9 Å². The van der Waals surface area contributed by atoms with Crippen LogP contribution in [-0.2, 0) is 0 Å². The first-order valence-corrected chi connectivity index (χ1v) is 8.23. The van der Waals surface area contributed by atoms with Crippen LogP contribution in [0.4, 0.5) is 5.69 Å². The van der Waals surface area contributed by atoms with Gasteiger partial charge in [0.05, 0.1) is 5.56 Å². The fraction of sp³-hybridized carbons (Fsp3) is 0.526. The van der Waals surface area contributed by atoms with Crippen LogP contribution in [0.15, 0.2) is 30.4 Å². The number of anilines is 1. The molecule has 0 aliphatic carbocycles. The molecule has 0 bridgehead atoms. The lowest BCUT2D eigenvalue weighted by Gasteiger charge is -2.25. The molecule has 122 valence electrons. The van der Waals surface area contributed by atoms with Crippen molar-refractivity contribution in [3.05, 3.63) is 35.9 Å². The van der Waals surface area contributed by atoms with Crippen LogP contribution in [0, 0.1) is 0 Å². The highest BCUT2D eigenvalue weighted by Gasteiger charge is 2.10. The molecule has 1 aromatic carbocycles. The van der Waals surface area contributed by atoms with E-state index in [-0.39, 0.29) is 0 Å². The number of hydrogen-bond donors (Lipinski definition) is 0. The number of carbonyl (C=O) groups excluding carboxylic acids is 1. The van der Waals surface area contributed by atoms with Gasteiger partial charge in [-0.2, -0.15) is 0 Å². The molecule has 0 aliphatic heterocycles. The third kappa shape index (κ3) is 5.92. The molecule has 0 spiro atoms. The normalized spacial score (nSPS) is 10.3. The summed E-state index contributed by atoms with van der Waals surface area (Å²) in [6.07, 6.45) is 5.53. The first-order valence-electron chi connectivity index (χ1n) is 8.23. The number of unbranched alkanes of at least 4 members (excludes halogenated alkanes) is 2. The Morgan fingerprint density at radius 1 is 1.23 bits per heavy atom. The molecule has 0 saturated heterocycles. The molecule has 0 saturated carbocycles. The molecule has 0 N–H and O–H groups in total. The average Bonchev–Trinajstić information content (AvgIpc) is 2.52. The second kappa shape index (κ2) is 10.0. The standard InChI is InChI=1S/C19H29NO2/c1-5-7-11-20(12-8-6-2)18-10-9-17(14-21)19(13-18)22-15-16(3)4/h9-10,13-14H,3,5-8,11-12,15H2,1-2,4H3. The van der Waals surface area contributed by atoms with Crippen LogP contribution in [0.1, 0.15) is 56.8 Å². The Hall–Kier alpha value is -1.77. The van der Waals surface area contributed by atoms with Crippen LogP contribution in [-0.4, -0.2) is 26.0 Å². The molecular formula is C19H29NO2. The summed E-state index contributed by atoms with van der Waals surface area (Å²) in [5, 5.41) is 0. The Morgan fingerprint density at radius 2 is 1.86 bits per heavy atom. The van der Waals surface area contributed by atoms with Crippen molar-refractivity contribution in [3.63, 3.8) is 0 Å². The van der Waals surface area contributed by atoms with Gasteiger partial charge in [-0.15, -0.1) is 0 Å². The Morgan fingerprint density at radius 3 is 2.36 bits per heavy atom. The predicted molar refractivity (Wildman–Crippen MR) is 94.2 cm³/mol. The topological polar surface area (TPSA) is 29.5 Å². The van der Waals surface area contributed by atoms with E-state index in [9.17, 15) is 4.79 Å². The van der Waals surface area contributed by atoms with Crippen molar-refractivity contribution < 1.29 is 9.53 Å². The summed E-state index contributed by atoms with van der Waals surface area (Å²) in [4.78, 5) is 13.6. The van der Waals surface area contributed by atoms with E-state index in [2.05, 4.69) is 25.3 Å². The molecule has 0 amide bonds. The third-order valence-corrected chi connectivity index (χ3v) is 3.53. The molecule has 3 heteroatoms. The smallest absolute Gasteiger partial charge is 0.153 e. The van der Waals surface area contributed by atoms with E-state index in [4.69, 9.17) is 4.74 Å². The van der Waals surface area contributed by atoms with Crippen LogP contribution >= 0.6 is 0 Å². The Balaban J connectivity index is 2.95. The molecular weight excluding hydrogens is 274 g/mol. The number of carbonyl (C=O) groups is 1. The number of rotatable bonds is 11. The van der Waals surface area contributed by atoms with E-state index >= 15 is 0 Å². The minimum atomic E-state index is 0.439. The summed E-state index contributed by atoms with van der Waals surface area (Å²) < 4.78 is 5.73. The zero-order valence-electron chi connectivity index (χ0n) is 14.2. The van der Waals surface area contributed by atoms with Gasteiger partial charge in [0.25, 0.3) is 0 Å². The third-order valence-electron chi connectivity index (χ3n) is 3.53. The Kier molecular flexibility index (Phi) is 8.34. The van der Waals surface area contributed by atoms with Gasteiger partial charge in [0.15, 0.2) is 6.29 Å². The van der Waals surface area contributed by atoms with E-state index < -0.39 is 0 Å². The van der Waals surface area contributed by atoms with Crippen molar-refractivity contribution >= 4 is 12.0 Å². The van der Waals surface area contributed by atoms with Gasteiger partial charge < -0.3 is 9.64 Å². The van der Waals surface area contributed by atoms with Gasteiger partial charge in [-0.1, -0.05) is 33.3 Å². The maximum atomic E-state index is 11.2. The molecule has 22 heavy (non-hydrogen) atoms. The predicted octanol–water partition coefficient (Wildman–Crippen LogP) is 4.86. The Labute approximate surface area is 135 Å². The van der Waals surface area contributed by atoms with Crippen molar-refractivity contribution in [1.82, 2.24) is 0 Å². The first kappa shape index (κ1) is 18.3. The van der Waals surface area contributed by atoms with E-state index in [1.165, 1.54) is 25.7 Å². The second-order valence-corrected chi connectivity index (χ2v) is 5.78. The average molecular weight is 303 g/mol. The summed E-state index contributed by atoms with van der Waals surface area (Å²) in [5.41, 5.74) is 2.66. The van der Waals surface area contributed by atoms with Crippen LogP contribution in [0.5, 0.6) is 5.75 Å². The van der Waals surface area contributed by atoms with E-state index in [1.807, 2.05) is 25.1 Å². The van der Waals surface area contributed by atoms with Gasteiger partial charge in [0.1, 0.15) is 12.4 Å². The molecule has 0 fully saturated rings. The molecule has 1 aromatic rings. The van der Waals surface area contributed by atoms with Gasteiger partial charge in [-0.25, -0.2) is 0 Å². The minimum Gasteiger partial charge on any atom is -0.488 e. The lowest BCUT2D eigenvalue weighted by atomic mass is 10.1. The molecule has 0 heterocycles. The van der Waals surface area contributed by atoms with E-state index in [1.54, 1.807) is 0 Å². The molecule has 0 aliphatic rings. The summed E-state index contributed by atoms with van der Waals surface area (Å²) in [5.74, 6) is 0.647. The lowest BCUT2D eigenvalue weighted by molar-refractivity contribution is 0.112. The lowest BCUT2D eigenvalue weighted by Crippen LogP contribution is -2.25. The van der Waals surface area contributed by atoms with Crippen LogP contribution in [0.3, 0.4) is 0 Å². The van der Waals surface area contributed by atoms with Gasteiger partial charge >= 0.3 is 0 Å². The maximum absolute atomic E-state index is 11.2. The van der Waals surface area contributed by atoms with Crippen molar-refractivity contribution in [2.75, 3.05) is 24.6 Å². The molecule has 0 unspecified atom stereocenters. The van der Waals surface area contributed by atoms with Gasteiger partial charge in [-0.05, 0) is 37.5 Å². The highest BCUT2D eigenvalue weighted by atomic mass is 16.5. The highest BCUT2D eigenvalue weighted by molar-refractivity contribution is 5.80. The van der Waals surface area contributed by atoms with Crippen molar-refractivity contribution in [2.24, 2.45) is 0 Å². The number of benzene rings is 1. The quantitative estimate of drug-likeness (QED) is 0.432. The fourth-order valence-electron chi connectivity index (χ4n) is 2.21. The Bertz CT molecular complexity index is 474. The maximum Gasteiger partial charge on any atom is 0.153 e. The molecule has 1 rings (SSSR count). The van der Waals surface area contributed by atoms with Crippen molar-refractivity contribution in [3.8, 4) is 5.75 Å². The number of nitrogens with zero attached hydrogens (tertiary/aromatic N) is 1. The van der Waals surface area contributed by atoms with Crippen LogP contribution in [0.25, 0.3) is 0 Å². The van der Waals surface area contributed by atoms with Crippen LogP contribution in [0.2, 0.25) is 0 Å². The second-order valence-electron chi connectivity index (χ2n) is 5.78. The summed E-state index contributed by atoms with van der Waals surface area (Å²) in [6, 6.07) is 5.85. The monoisotopic (exact) mass is 303 g/mol. The largest absolute Gasteiger partial charge is 0.488 e. The molecule has 3 nitrogen and oxygen atoms in total. The zero-order chi connectivity index (χ0) is 16.4. The van der Waals surface area contributed by atoms with Crippen molar-refractivity contribution in [2.45, 2.75) is 46.5 Å². The molecule has 0 radical (unpaired) electrons. The summed E-state index contributed by atoms with van der Waals surface area (Å²) in [7, 11) is 0. The highest BCUT2D eigenvalue weighted by Crippen LogP contribution is 2.26. The van der Waals surface area contributed by atoms with Gasteiger partial charge in [0.2, 0.25) is 0 Å². The molecule has 0 atom stereocenters. The minimum absolute atomic E-state index is 0.439. The van der Waals surface area contributed by atoms with Crippen LogP contribution < -0.4 is 9.64 Å². The summed E-state index contributed by atoms with van der Waals surface area (Å²) >= 11 is 0. The zero-order valence-corrected chi connectivity index (χ0v) is 14.2. The SMILES string of the molecule is C=C(C)COc1cc(N(CCCC)CCCC)ccc1C=O. The van der Waals surface area contributed by atoms with Gasteiger partial charge in [-0.3, -0.25) is 4.79 Å². The van der Waals surface area contributed by atoms with E-state index in [0.717, 1.165) is 30.6 Å². The number of hydrogen-bond acceptors (Lipinski definition) is 3. The van der Waals surface area contributed by atoms with Crippen molar-refractivity contribution in [1.29, 1.82) is 0 Å². The molecule has 0 aromatic heterocycles.